The fraction of sp³-hybridized carbons (Fsp3) is 0.833. The van der Waals surface area contributed by atoms with Crippen LogP contribution in [0.25, 0.3) is 0 Å². The lowest BCUT2D eigenvalue weighted by molar-refractivity contribution is 0.424. The first kappa shape index (κ1) is 15.9. The largest absolute Gasteiger partial charge is 0.214 e. The molecule has 0 aromatic rings. The third-order valence-corrected chi connectivity index (χ3v) is 7.11. The van der Waals surface area contributed by atoms with Crippen molar-refractivity contribution in [3.05, 3.63) is 12.7 Å². The molecule has 0 unspecified atom stereocenters. The normalized spacial score (nSPS) is 25.2. The van der Waals surface area contributed by atoms with Crippen LogP contribution in [0.15, 0.2) is 12.7 Å². The summed E-state index contributed by atoms with van der Waals surface area (Å²) < 4.78 is 50.6. The molecular formula is C12H22N2O4S2. The maximum atomic E-state index is 12.4. The van der Waals surface area contributed by atoms with Gasteiger partial charge in [0.25, 0.3) is 0 Å². The molecule has 8 heteroatoms. The molecule has 0 spiro atoms. The molecule has 2 rings (SSSR count). The summed E-state index contributed by atoms with van der Waals surface area (Å²) in [5.74, 6) is -0.0793. The summed E-state index contributed by atoms with van der Waals surface area (Å²) in [6, 6.07) is 0.116. The molecule has 1 aliphatic heterocycles. The molecule has 2 fully saturated rings. The summed E-state index contributed by atoms with van der Waals surface area (Å²) in [4.78, 5) is 0. The summed E-state index contributed by atoms with van der Waals surface area (Å²) in [7, 11) is -6.55. The molecule has 116 valence electrons. The van der Waals surface area contributed by atoms with Gasteiger partial charge in [0.2, 0.25) is 20.0 Å². The summed E-state index contributed by atoms with van der Waals surface area (Å²) in [5.41, 5.74) is 0. The molecule has 0 N–H and O–H groups in total. The van der Waals surface area contributed by atoms with E-state index in [9.17, 15) is 16.8 Å². The van der Waals surface area contributed by atoms with E-state index in [0.29, 0.717) is 26.1 Å². The first-order valence-electron chi connectivity index (χ1n) is 6.79. The average Bonchev–Trinajstić information content (AvgIpc) is 3.03. The predicted octanol–water partition coefficient (Wildman–Crippen LogP) is 0.248. The van der Waals surface area contributed by atoms with Crippen molar-refractivity contribution in [2.45, 2.75) is 25.3 Å². The van der Waals surface area contributed by atoms with Crippen LogP contribution in [0, 0.1) is 5.92 Å². The first-order chi connectivity index (χ1) is 9.24. The fourth-order valence-corrected chi connectivity index (χ4v) is 5.58. The standard InChI is InChI=1S/C12H22N2O4S2/c1-3-7-14(12-4-5-12)20(17,18)10-11-6-8-13(9-11)19(2,15)16/h3,11-12H,1,4-10H2,2H3/t11-/m1/s1. The summed E-state index contributed by atoms with van der Waals surface area (Å²) >= 11 is 0. The zero-order chi connectivity index (χ0) is 15.0. The lowest BCUT2D eigenvalue weighted by Gasteiger charge is -2.22. The van der Waals surface area contributed by atoms with E-state index in [1.165, 1.54) is 8.61 Å². The van der Waals surface area contributed by atoms with E-state index >= 15 is 0 Å². The van der Waals surface area contributed by atoms with Crippen LogP contribution in [0.5, 0.6) is 0 Å². The van der Waals surface area contributed by atoms with Crippen molar-refractivity contribution in [1.29, 1.82) is 0 Å². The number of nitrogens with zero attached hydrogens (tertiary/aromatic N) is 2. The number of hydrogen-bond donors (Lipinski definition) is 0. The first-order valence-corrected chi connectivity index (χ1v) is 10.3. The highest BCUT2D eigenvalue weighted by Crippen LogP contribution is 2.31. The second kappa shape index (κ2) is 5.75. The highest BCUT2D eigenvalue weighted by Gasteiger charge is 2.39. The van der Waals surface area contributed by atoms with Gasteiger partial charge in [0.15, 0.2) is 0 Å². The summed E-state index contributed by atoms with van der Waals surface area (Å²) in [6.45, 7) is 4.68. The Hall–Kier alpha value is -0.440. The van der Waals surface area contributed by atoms with Crippen LogP contribution in [0.1, 0.15) is 19.3 Å². The Morgan fingerprint density at radius 2 is 1.90 bits per heavy atom. The van der Waals surface area contributed by atoms with E-state index in [0.717, 1.165) is 19.1 Å². The average molecular weight is 322 g/mol. The minimum Gasteiger partial charge on any atom is -0.213 e. The monoisotopic (exact) mass is 322 g/mol. The Balaban J connectivity index is 2.00. The van der Waals surface area contributed by atoms with Gasteiger partial charge in [0, 0.05) is 25.7 Å². The summed E-state index contributed by atoms with van der Waals surface area (Å²) in [5, 5.41) is 0. The topological polar surface area (TPSA) is 74.8 Å². The van der Waals surface area contributed by atoms with Gasteiger partial charge in [-0.3, -0.25) is 0 Å². The Morgan fingerprint density at radius 3 is 2.35 bits per heavy atom. The molecule has 1 saturated heterocycles. The van der Waals surface area contributed by atoms with Gasteiger partial charge in [-0.1, -0.05) is 6.08 Å². The lowest BCUT2D eigenvalue weighted by Crippen LogP contribution is -2.38. The minimum absolute atomic E-state index is 0.0311. The van der Waals surface area contributed by atoms with Gasteiger partial charge >= 0.3 is 0 Å². The molecule has 0 amide bonds. The molecule has 1 saturated carbocycles. The number of sulfonamides is 2. The van der Waals surface area contributed by atoms with Crippen molar-refractivity contribution in [3.63, 3.8) is 0 Å². The van der Waals surface area contributed by atoms with Crippen LogP contribution in [0.3, 0.4) is 0 Å². The van der Waals surface area contributed by atoms with E-state index < -0.39 is 20.0 Å². The smallest absolute Gasteiger partial charge is 0.213 e. The van der Waals surface area contributed by atoms with Gasteiger partial charge in [-0.05, 0) is 25.2 Å². The van der Waals surface area contributed by atoms with E-state index in [2.05, 4.69) is 6.58 Å². The van der Waals surface area contributed by atoms with Crippen molar-refractivity contribution in [3.8, 4) is 0 Å². The third-order valence-electron chi connectivity index (χ3n) is 3.78. The second-order valence-electron chi connectivity index (χ2n) is 5.64. The van der Waals surface area contributed by atoms with Gasteiger partial charge in [0.1, 0.15) is 0 Å². The maximum Gasteiger partial charge on any atom is 0.214 e. The molecule has 2 aliphatic rings. The highest BCUT2D eigenvalue weighted by atomic mass is 32.2. The SMILES string of the molecule is C=CCN(C1CC1)S(=O)(=O)C[C@@H]1CCN(S(C)(=O)=O)C1. The minimum atomic E-state index is -3.33. The molecule has 6 nitrogen and oxygen atoms in total. The summed E-state index contributed by atoms with van der Waals surface area (Å²) in [6.07, 6.45) is 5.20. The molecule has 1 heterocycles. The van der Waals surface area contributed by atoms with Crippen LogP contribution in [0.2, 0.25) is 0 Å². The van der Waals surface area contributed by atoms with E-state index in [4.69, 9.17) is 0 Å². The van der Waals surface area contributed by atoms with Gasteiger partial charge in [-0.2, -0.15) is 4.31 Å². The van der Waals surface area contributed by atoms with Crippen molar-refractivity contribution < 1.29 is 16.8 Å². The van der Waals surface area contributed by atoms with E-state index in [1.54, 1.807) is 6.08 Å². The number of hydrogen-bond acceptors (Lipinski definition) is 4. The van der Waals surface area contributed by atoms with Crippen LogP contribution >= 0.6 is 0 Å². The molecule has 1 atom stereocenters. The zero-order valence-corrected chi connectivity index (χ0v) is 13.4. The highest BCUT2D eigenvalue weighted by molar-refractivity contribution is 7.89. The van der Waals surface area contributed by atoms with Gasteiger partial charge < -0.3 is 0 Å². The van der Waals surface area contributed by atoms with E-state index in [1.807, 2.05) is 0 Å². The van der Waals surface area contributed by atoms with Crippen molar-refractivity contribution in [2.24, 2.45) is 5.92 Å². The van der Waals surface area contributed by atoms with Crippen LogP contribution < -0.4 is 0 Å². The molecule has 0 radical (unpaired) electrons. The van der Waals surface area contributed by atoms with Crippen molar-refractivity contribution in [2.75, 3.05) is 31.6 Å². The van der Waals surface area contributed by atoms with Gasteiger partial charge in [0.05, 0.1) is 12.0 Å². The van der Waals surface area contributed by atoms with Crippen LogP contribution in [0.4, 0.5) is 0 Å². The predicted molar refractivity (Wildman–Crippen MR) is 78.2 cm³/mol. The molecule has 0 aromatic heterocycles. The molecule has 0 bridgehead atoms. The van der Waals surface area contributed by atoms with Crippen LogP contribution in [-0.4, -0.2) is 63.1 Å². The van der Waals surface area contributed by atoms with E-state index in [-0.39, 0.29) is 17.7 Å². The Labute approximate surface area is 121 Å². The molecule has 20 heavy (non-hydrogen) atoms. The lowest BCUT2D eigenvalue weighted by atomic mass is 10.2. The van der Waals surface area contributed by atoms with Gasteiger partial charge in [-0.25, -0.2) is 21.1 Å². The maximum absolute atomic E-state index is 12.4. The molecular weight excluding hydrogens is 300 g/mol. The second-order valence-corrected chi connectivity index (χ2v) is 9.59. The number of rotatable bonds is 7. The Kier molecular flexibility index (Phi) is 4.58. The zero-order valence-electron chi connectivity index (χ0n) is 11.7. The third kappa shape index (κ3) is 3.81. The van der Waals surface area contributed by atoms with Crippen LogP contribution in [-0.2, 0) is 20.0 Å². The van der Waals surface area contributed by atoms with Gasteiger partial charge in [-0.15, -0.1) is 6.58 Å². The fourth-order valence-electron chi connectivity index (χ4n) is 2.61. The quantitative estimate of drug-likeness (QED) is 0.630. The molecule has 1 aliphatic carbocycles. The molecule has 0 aromatic carbocycles. The van der Waals surface area contributed by atoms with Crippen molar-refractivity contribution in [1.82, 2.24) is 8.61 Å². The van der Waals surface area contributed by atoms with Crippen molar-refractivity contribution >= 4 is 20.0 Å². The Morgan fingerprint density at radius 1 is 1.25 bits per heavy atom. The Bertz CT molecular complexity index is 566.